The minimum Gasteiger partial charge on any atom is -0.393 e. The predicted molar refractivity (Wildman–Crippen MR) is 40.3 cm³/mol. The number of nitrogens with two attached hydrogens (primary N) is 1. The minimum absolute atomic E-state index is 0.113. The van der Waals surface area contributed by atoms with Crippen LogP contribution in [0.15, 0.2) is 12.3 Å². The van der Waals surface area contributed by atoms with Crippen molar-refractivity contribution in [2.24, 2.45) is 5.73 Å². The lowest BCUT2D eigenvalue weighted by Gasteiger charge is -2.07. The van der Waals surface area contributed by atoms with Crippen molar-refractivity contribution >= 4 is 5.97 Å². The van der Waals surface area contributed by atoms with Crippen LogP contribution in [0, 0.1) is 0 Å². The number of carbonyl (C=O) groups excluding carboxylic acids is 1. The van der Waals surface area contributed by atoms with Gasteiger partial charge in [-0.2, -0.15) is 4.89 Å². The topological polar surface area (TPSA) is 61.6 Å². The molecule has 4 heteroatoms. The fourth-order valence-corrected chi connectivity index (χ4v) is 0.247. The van der Waals surface area contributed by atoms with E-state index in [0.29, 0.717) is 0 Å². The maximum atomic E-state index is 10.6. The summed E-state index contributed by atoms with van der Waals surface area (Å²) >= 11 is 0. The van der Waals surface area contributed by atoms with Crippen molar-refractivity contribution < 1.29 is 14.6 Å². The number of rotatable bonds is 4. The highest BCUT2D eigenvalue weighted by Crippen LogP contribution is 1.97. The Balaban J connectivity index is 3.54. The normalized spacial score (nSPS) is 12.2. The number of carbonyl (C=O) groups is 1. The summed E-state index contributed by atoms with van der Waals surface area (Å²) in [4.78, 5) is 19.5. The van der Waals surface area contributed by atoms with E-state index in [1.807, 2.05) is 6.92 Å². The average molecular weight is 159 g/mol. The van der Waals surface area contributed by atoms with Crippen molar-refractivity contribution in [2.75, 3.05) is 0 Å². The third-order valence-electron chi connectivity index (χ3n) is 1.13. The standard InChI is InChI=1S/C7H13NO3/c1-4-5(2)10-11-7(9)6(3)8/h5H,3-4,8H2,1-2H3. The molecule has 64 valence electrons. The zero-order valence-electron chi connectivity index (χ0n) is 6.79. The van der Waals surface area contributed by atoms with Crippen LogP contribution in [0.2, 0.25) is 0 Å². The summed E-state index contributed by atoms with van der Waals surface area (Å²) in [5.74, 6) is -0.731. The zero-order valence-corrected chi connectivity index (χ0v) is 6.79. The monoisotopic (exact) mass is 159 g/mol. The first-order chi connectivity index (χ1) is 5.07. The number of hydrogen-bond acceptors (Lipinski definition) is 4. The SMILES string of the molecule is C=C(N)C(=O)OOC(C)CC. The Kier molecular flexibility index (Phi) is 4.29. The molecule has 0 fully saturated rings. The first-order valence-electron chi connectivity index (χ1n) is 3.40. The second kappa shape index (κ2) is 4.73. The molecular formula is C7H13NO3. The van der Waals surface area contributed by atoms with Gasteiger partial charge in [-0.3, -0.25) is 4.89 Å². The van der Waals surface area contributed by atoms with Crippen LogP contribution >= 0.6 is 0 Å². The third kappa shape index (κ3) is 4.38. The molecule has 0 heterocycles. The molecule has 0 aromatic heterocycles. The van der Waals surface area contributed by atoms with Gasteiger partial charge in [0.25, 0.3) is 0 Å². The van der Waals surface area contributed by atoms with Crippen LogP contribution in [-0.4, -0.2) is 12.1 Å². The molecule has 0 saturated heterocycles. The van der Waals surface area contributed by atoms with Crippen LogP contribution < -0.4 is 5.73 Å². The van der Waals surface area contributed by atoms with Crippen LogP contribution in [-0.2, 0) is 14.6 Å². The molecule has 0 radical (unpaired) electrons. The van der Waals surface area contributed by atoms with Gasteiger partial charge in [-0.05, 0) is 13.3 Å². The smallest absolute Gasteiger partial charge is 0.387 e. The maximum absolute atomic E-state index is 10.6. The second-order valence-corrected chi connectivity index (χ2v) is 2.21. The summed E-state index contributed by atoms with van der Waals surface area (Å²) in [5, 5.41) is 0. The molecule has 11 heavy (non-hydrogen) atoms. The fourth-order valence-electron chi connectivity index (χ4n) is 0.247. The predicted octanol–water partition coefficient (Wildman–Crippen LogP) is 0.732. The van der Waals surface area contributed by atoms with E-state index in [1.54, 1.807) is 6.92 Å². The maximum Gasteiger partial charge on any atom is 0.387 e. The van der Waals surface area contributed by atoms with Crippen LogP contribution in [0.5, 0.6) is 0 Å². The molecule has 0 rings (SSSR count). The van der Waals surface area contributed by atoms with E-state index in [0.717, 1.165) is 6.42 Å². The van der Waals surface area contributed by atoms with Gasteiger partial charge in [0.05, 0.1) is 0 Å². The van der Waals surface area contributed by atoms with Gasteiger partial charge < -0.3 is 5.73 Å². The van der Waals surface area contributed by atoms with Crippen LogP contribution in [0.1, 0.15) is 20.3 Å². The molecule has 0 aromatic rings. The Labute approximate surface area is 65.9 Å². The first kappa shape index (κ1) is 9.97. The fraction of sp³-hybridized carbons (Fsp3) is 0.571. The molecule has 0 amide bonds. The summed E-state index contributed by atoms with van der Waals surface area (Å²) in [5.41, 5.74) is 4.86. The molecule has 0 bridgehead atoms. The Hall–Kier alpha value is -1.03. The van der Waals surface area contributed by atoms with Crippen LogP contribution in [0.25, 0.3) is 0 Å². The van der Waals surface area contributed by atoms with Crippen molar-refractivity contribution in [1.29, 1.82) is 0 Å². The van der Waals surface area contributed by atoms with Gasteiger partial charge in [0, 0.05) is 0 Å². The lowest BCUT2D eigenvalue weighted by Crippen LogP contribution is -2.17. The van der Waals surface area contributed by atoms with Crippen LogP contribution in [0.3, 0.4) is 0 Å². The highest BCUT2D eigenvalue weighted by atomic mass is 17.2. The largest absolute Gasteiger partial charge is 0.393 e. The molecule has 0 aromatic carbocycles. The van der Waals surface area contributed by atoms with E-state index in [9.17, 15) is 4.79 Å². The van der Waals surface area contributed by atoms with Gasteiger partial charge in [0.15, 0.2) is 0 Å². The average Bonchev–Trinajstić information content (AvgIpc) is 1.99. The van der Waals surface area contributed by atoms with E-state index in [-0.39, 0.29) is 11.8 Å². The quantitative estimate of drug-likeness (QED) is 0.373. The summed E-state index contributed by atoms with van der Waals surface area (Å²) < 4.78 is 0. The van der Waals surface area contributed by atoms with E-state index in [1.165, 1.54) is 0 Å². The second-order valence-electron chi connectivity index (χ2n) is 2.21. The van der Waals surface area contributed by atoms with Gasteiger partial charge >= 0.3 is 5.97 Å². The van der Waals surface area contributed by atoms with Gasteiger partial charge in [0.2, 0.25) is 0 Å². The summed E-state index contributed by atoms with van der Waals surface area (Å²) in [6, 6.07) is 0. The number of hydrogen-bond donors (Lipinski definition) is 1. The van der Waals surface area contributed by atoms with E-state index in [4.69, 9.17) is 5.73 Å². The Bertz CT molecular complexity index is 156. The van der Waals surface area contributed by atoms with Crippen molar-refractivity contribution in [2.45, 2.75) is 26.4 Å². The molecule has 0 aliphatic heterocycles. The molecule has 4 nitrogen and oxygen atoms in total. The minimum atomic E-state index is -0.731. The highest BCUT2D eigenvalue weighted by Gasteiger charge is 2.07. The van der Waals surface area contributed by atoms with Crippen molar-refractivity contribution in [1.82, 2.24) is 0 Å². The highest BCUT2D eigenvalue weighted by molar-refractivity contribution is 5.85. The Morgan fingerprint density at radius 1 is 1.73 bits per heavy atom. The van der Waals surface area contributed by atoms with Gasteiger partial charge in [-0.15, -0.1) is 0 Å². The molecule has 0 aliphatic rings. The summed E-state index contributed by atoms with van der Waals surface area (Å²) in [7, 11) is 0. The molecule has 0 spiro atoms. The van der Waals surface area contributed by atoms with E-state index < -0.39 is 5.97 Å². The lowest BCUT2D eigenvalue weighted by molar-refractivity contribution is -0.291. The van der Waals surface area contributed by atoms with Crippen molar-refractivity contribution in [3.05, 3.63) is 12.3 Å². The van der Waals surface area contributed by atoms with Crippen LogP contribution in [0.4, 0.5) is 0 Å². The Morgan fingerprint density at radius 3 is 2.64 bits per heavy atom. The zero-order chi connectivity index (χ0) is 8.85. The molecule has 0 aliphatic carbocycles. The van der Waals surface area contributed by atoms with E-state index >= 15 is 0 Å². The van der Waals surface area contributed by atoms with Crippen molar-refractivity contribution in [3.8, 4) is 0 Å². The van der Waals surface area contributed by atoms with Gasteiger partial charge in [-0.1, -0.05) is 13.5 Å². The van der Waals surface area contributed by atoms with Gasteiger partial charge in [0.1, 0.15) is 11.8 Å². The van der Waals surface area contributed by atoms with Gasteiger partial charge in [-0.25, -0.2) is 4.79 Å². The molecule has 2 N–H and O–H groups in total. The van der Waals surface area contributed by atoms with E-state index in [2.05, 4.69) is 16.4 Å². The molecule has 0 saturated carbocycles. The lowest BCUT2D eigenvalue weighted by atomic mass is 10.3. The summed E-state index contributed by atoms with van der Waals surface area (Å²) in [6.07, 6.45) is 0.655. The summed E-state index contributed by atoms with van der Waals surface area (Å²) in [6.45, 7) is 6.88. The molecule has 1 unspecified atom stereocenters. The molecule has 1 atom stereocenters. The molecular weight excluding hydrogens is 146 g/mol. The third-order valence-corrected chi connectivity index (χ3v) is 1.13. The first-order valence-corrected chi connectivity index (χ1v) is 3.40. The van der Waals surface area contributed by atoms with Crippen molar-refractivity contribution in [3.63, 3.8) is 0 Å². The Morgan fingerprint density at radius 2 is 2.27 bits per heavy atom.